The molecule has 0 saturated carbocycles. The average Bonchev–Trinajstić information content (AvgIpc) is 4.10. The minimum atomic E-state index is 0.692. The standard InChI is InChI=1S/C59H38N6/c1-4-14-41(15-5-1)54-51-34-32-49-47-21-12-20-46(39-23-25-40(26-24-39)52-38-63-36-13-35-60-59(63)61-52)48(47)31-33-50(49)58(51)65(56(54)43-18-8-3-9-19-43)45-29-27-44(28-30-45)57-55(42-16-6-2-7-17-42)62-53-22-10-11-37-64(53)57/h1-38H. The van der Waals surface area contributed by atoms with Gasteiger partial charge in [0.1, 0.15) is 5.65 Å². The third-order valence-corrected chi connectivity index (χ3v) is 12.8. The molecule has 0 spiro atoms. The fourth-order valence-corrected chi connectivity index (χ4v) is 9.86. The first-order chi connectivity index (χ1) is 32.2. The molecule has 8 aromatic carbocycles. The Morgan fingerprint density at radius 1 is 0.385 bits per heavy atom. The van der Waals surface area contributed by atoms with Crippen LogP contribution in [0.15, 0.2) is 231 Å². The van der Waals surface area contributed by atoms with Crippen LogP contribution in [0.2, 0.25) is 0 Å². The topological polar surface area (TPSA) is 52.4 Å². The van der Waals surface area contributed by atoms with E-state index in [9.17, 15) is 0 Å². The first-order valence-electron chi connectivity index (χ1n) is 21.9. The first kappa shape index (κ1) is 36.8. The number of nitrogens with zero attached hydrogens (tertiary/aromatic N) is 6. The lowest BCUT2D eigenvalue weighted by molar-refractivity contribution is 1.11. The van der Waals surface area contributed by atoms with E-state index in [2.05, 4.69) is 214 Å². The number of pyridine rings is 1. The largest absolute Gasteiger partial charge is 0.308 e. The molecule has 0 unspecified atom stereocenters. The van der Waals surface area contributed by atoms with Crippen molar-refractivity contribution in [2.75, 3.05) is 0 Å². The molecular weight excluding hydrogens is 793 g/mol. The molecule has 0 atom stereocenters. The van der Waals surface area contributed by atoms with Crippen LogP contribution >= 0.6 is 0 Å². The summed E-state index contributed by atoms with van der Waals surface area (Å²) in [5, 5.41) is 6.02. The Labute approximate surface area is 374 Å². The van der Waals surface area contributed by atoms with E-state index in [1.54, 1.807) is 6.20 Å². The van der Waals surface area contributed by atoms with E-state index in [4.69, 9.17) is 9.97 Å². The Kier molecular flexibility index (Phi) is 8.42. The Morgan fingerprint density at radius 3 is 1.78 bits per heavy atom. The molecule has 6 nitrogen and oxygen atoms in total. The zero-order valence-corrected chi connectivity index (χ0v) is 35.1. The molecule has 0 bridgehead atoms. The third kappa shape index (κ3) is 5.99. The zero-order valence-electron chi connectivity index (χ0n) is 35.1. The second kappa shape index (κ2) is 14.9. The van der Waals surface area contributed by atoms with Gasteiger partial charge in [0.25, 0.3) is 0 Å². The van der Waals surface area contributed by atoms with Crippen molar-refractivity contribution in [3.63, 3.8) is 0 Å². The molecule has 0 aliphatic rings. The lowest BCUT2D eigenvalue weighted by atomic mass is 9.92. The van der Waals surface area contributed by atoms with E-state index < -0.39 is 0 Å². The van der Waals surface area contributed by atoms with Crippen molar-refractivity contribution in [1.82, 2.24) is 28.3 Å². The fourth-order valence-electron chi connectivity index (χ4n) is 9.86. The van der Waals surface area contributed by atoms with Gasteiger partial charge < -0.3 is 4.57 Å². The van der Waals surface area contributed by atoms with E-state index in [1.165, 1.54) is 49.1 Å². The Hall–Kier alpha value is -8.87. The van der Waals surface area contributed by atoms with Gasteiger partial charge in [0, 0.05) is 63.5 Å². The number of hydrogen-bond acceptors (Lipinski definition) is 3. The van der Waals surface area contributed by atoms with Crippen LogP contribution in [0.4, 0.5) is 0 Å². The summed E-state index contributed by atoms with van der Waals surface area (Å²) in [7, 11) is 0. The van der Waals surface area contributed by atoms with Crippen molar-refractivity contribution in [2.24, 2.45) is 0 Å². The minimum Gasteiger partial charge on any atom is -0.308 e. The maximum atomic E-state index is 5.13. The lowest BCUT2D eigenvalue weighted by Gasteiger charge is -2.16. The zero-order chi connectivity index (χ0) is 42.8. The van der Waals surface area contributed by atoms with Crippen molar-refractivity contribution < 1.29 is 0 Å². The van der Waals surface area contributed by atoms with Gasteiger partial charge in [-0.3, -0.25) is 8.80 Å². The molecule has 0 saturated heterocycles. The highest BCUT2D eigenvalue weighted by Crippen LogP contribution is 2.47. The SMILES string of the molecule is c1ccc(-c2nc3ccccn3c2-c2ccc(-n3c(-c4ccccc4)c(-c4ccccc4)c4ccc5c6cccc(-c7ccc(-c8cn9cccnc9n8)cc7)c6ccc5c43)cc2)cc1. The van der Waals surface area contributed by atoms with Crippen LogP contribution < -0.4 is 0 Å². The predicted octanol–water partition coefficient (Wildman–Crippen LogP) is 14.6. The van der Waals surface area contributed by atoms with Crippen LogP contribution in [-0.2, 0) is 0 Å². The number of aromatic nitrogens is 6. The second-order valence-corrected chi connectivity index (χ2v) is 16.5. The molecule has 5 aromatic heterocycles. The molecule has 0 aliphatic carbocycles. The van der Waals surface area contributed by atoms with E-state index >= 15 is 0 Å². The number of rotatable bonds is 7. The summed E-state index contributed by atoms with van der Waals surface area (Å²) in [5.41, 5.74) is 16.4. The molecule has 6 heteroatoms. The highest BCUT2D eigenvalue weighted by molar-refractivity contribution is 6.22. The molecule has 13 aromatic rings. The number of fused-ring (bicyclic) bond motifs is 7. The van der Waals surface area contributed by atoms with Crippen molar-refractivity contribution >= 4 is 43.9 Å². The van der Waals surface area contributed by atoms with Gasteiger partial charge in [-0.2, -0.15) is 0 Å². The Bertz CT molecular complexity index is 3870. The molecule has 65 heavy (non-hydrogen) atoms. The molecule has 0 fully saturated rings. The maximum Gasteiger partial charge on any atom is 0.234 e. The van der Waals surface area contributed by atoms with Crippen LogP contribution in [-0.4, -0.2) is 28.3 Å². The van der Waals surface area contributed by atoms with Crippen molar-refractivity contribution in [1.29, 1.82) is 0 Å². The van der Waals surface area contributed by atoms with Gasteiger partial charge in [-0.1, -0.05) is 176 Å². The molecule has 13 rings (SSSR count). The minimum absolute atomic E-state index is 0.692. The van der Waals surface area contributed by atoms with Crippen molar-refractivity contribution in [3.05, 3.63) is 231 Å². The number of benzene rings is 8. The summed E-state index contributed by atoms with van der Waals surface area (Å²) in [5.74, 6) is 0.692. The summed E-state index contributed by atoms with van der Waals surface area (Å²) < 4.78 is 6.65. The van der Waals surface area contributed by atoms with Gasteiger partial charge in [0.2, 0.25) is 5.78 Å². The second-order valence-electron chi connectivity index (χ2n) is 16.5. The van der Waals surface area contributed by atoms with Gasteiger partial charge >= 0.3 is 0 Å². The normalized spacial score (nSPS) is 11.7. The van der Waals surface area contributed by atoms with E-state index in [1.807, 2.05) is 28.9 Å². The van der Waals surface area contributed by atoms with Crippen molar-refractivity contribution in [3.8, 4) is 73.0 Å². The fraction of sp³-hybridized carbons (Fsp3) is 0. The summed E-state index contributed by atoms with van der Waals surface area (Å²) in [6, 6.07) is 74.1. The van der Waals surface area contributed by atoms with E-state index in [0.717, 1.165) is 61.9 Å². The Morgan fingerprint density at radius 2 is 1.02 bits per heavy atom. The monoisotopic (exact) mass is 830 g/mol. The average molecular weight is 831 g/mol. The molecule has 5 heterocycles. The van der Waals surface area contributed by atoms with E-state index in [0.29, 0.717) is 5.78 Å². The number of hydrogen-bond donors (Lipinski definition) is 0. The molecule has 0 radical (unpaired) electrons. The maximum absolute atomic E-state index is 5.13. The first-order valence-corrected chi connectivity index (χ1v) is 21.9. The predicted molar refractivity (Wildman–Crippen MR) is 266 cm³/mol. The van der Waals surface area contributed by atoms with Crippen molar-refractivity contribution in [2.45, 2.75) is 0 Å². The number of imidazole rings is 2. The third-order valence-electron chi connectivity index (χ3n) is 12.8. The molecule has 0 aliphatic heterocycles. The molecular formula is C59H38N6. The van der Waals surface area contributed by atoms with Crippen LogP contribution in [0.25, 0.3) is 117 Å². The van der Waals surface area contributed by atoms with Gasteiger partial charge in [0.15, 0.2) is 0 Å². The molecule has 0 N–H and O–H groups in total. The smallest absolute Gasteiger partial charge is 0.234 e. The summed E-state index contributed by atoms with van der Waals surface area (Å²) in [4.78, 5) is 14.3. The highest BCUT2D eigenvalue weighted by Gasteiger charge is 2.24. The summed E-state index contributed by atoms with van der Waals surface area (Å²) >= 11 is 0. The quantitative estimate of drug-likeness (QED) is 0.150. The van der Waals surface area contributed by atoms with E-state index in [-0.39, 0.29) is 0 Å². The lowest BCUT2D eigenvalue weighted by Crippen LogP contribution is -1.99. The molecule has 304 valence electrons. The molecule has 0 amide bonds. The van der Waals surface area contributed by atoms with Crippen LogP contribution in [0, 0.1) is 0 Å². The van der Waals surface area contributed by atoms with Crippen LogP contribution in [0.1, 0.15) is 0 Å². The van der Waals surface area contributed by atoms with Gasteiger partial charge in [-0.05, 0) is 68.7 Å². The van der Waals surface area contributed by atoms with Gasteiger partial charge in [0.05, 0.1) is 28.3 Å². The summed E-state index contributed by atoms with van der Waals surface area (Å²) in [6.07, 6.45) is 7.89. The van der Waals surface area contributed by atoms with Gasteiger partial charge in [-0.15, -0.1) is 0 Å². The van der Waals surface area contributed by atoms with Crippen LogP contribution in [0.3, 0.4) is 0 Å². The summed E-state index contributed by atoms with van der Waals surface area (Å²) in [6.45, 7) is 0. The highest BCUT2D eigenvalue weighted by atomic mass is 15.1. The Balaban J connectivity index is 1.02. The van der Waals surface area contributed by atoms with Crippen LogP contribution in [0.5, 0.6) is 0 Å². The van der Waals surface area contributed by atoms with Gasteiger partial charge in [-0.25, -0.2) is 15.0 Å².